The third-order valence-electron chi connectivity index (χ3n) is 3.90. The first-order chi connectivity index (χ1) is 12.2. The van der Waals surface area contributed by atoms with Crippen molar-refractivity contribution in [3.8, 4) is 0 Å². The lowest BCUT2D eigenvalue weighted by Gasteiger charge is -2.18. The summed E-state index contributed by atoms with van der Waals surface area (Å²) in [5, 5.41) is 2.71. The van der Waals surface area contributed by atoms with E-state index in [0.29, 0.717) is 5.69 Å². The molecular weight excluding hydrogens is 352 g/mol. The molecule has 0 aliphatic carbocycles. The molecule has 0 saturated heterocycles. The molecule has 0 spiro atoms. The lowest BCUT2D eigenvalue weighted by molar-refractivity contribution is -0.116. The number of anilines is 1. The van der Waals surface area contributed by atoms with Gasteiger partial charge in [-0.15, -0.1) is 0 Å². The smallest absolute Gasteiger partial charge is 0.255 e. The molecule has 7 heteroatoms. The fourth-order valence-electron chi connectivity index (χ4n) is 2.40. The number of amides is 2. The number of nitrogens with zero attached hydrogens (tertiary/aromatic N) is 1. The highest BCUT2D eigenvalue weighted by Crippen LogP contribution is 2.18. The van der Waals surface area contributed by atoms with E-state index in [4.69, 9.17) is 0 Å². The Balaban J connectivity index is 2.13. The highest BCUT2D eigenvalue weighted by Gasteiger charge is 2.23. The molecule has 2 aromatic rings. The van der Waals surface area contributed by atoms with Crippen molar-refractivity contribution < 1.29 is 18.0 Å². The van der Waals surface area contributed by atoms with E-state index in [0.717, 1.165) is 5.56 Å². The van der Waals surface area contributed by atoms with E-state index in [9.17, 15) is 18.0 Å². The zero-order valence-electron chi connectivity index (χ0n) is 15.0. The van der Waals surface area contributed by atoms with E-state index in [2.05, 4.69) is 5.32 Å². The second kappa shape index (κ2) is 8.14. The Kier molecular flexibility index (Phi) is 6.15. The highest BCUT2D eigenvalue weighted by atomic mass is 32.2. The van der Waals surface area contributed by atoms with Crippen molar-refractivity contribution in [1.82, 2.24) is 4.90 Å². The second-order valence-corrected chi connectivity index (χ2v) is 8.22. The van der Waals surface area contributed by atoms with Crippen molar-refractivity contribution in [2.24, 2.45) is 0 Å². The minimum atomic E-state index is -3.54. The third kappa shape index (κ3) is 4.70. The van der Waals surface area contributed by atoms with Gasteiger partial charge in [-0.25, -0.2) is 8.42 Å². The standard InChI is InChI=1S/C19H22N2O4S/c1-4-26(24,25)17-8-6-5-7-16(17)19(23)21(3)13-18(22)20-15-11-9-14(2)10-12-15/h5-12H,4,13H2,1-3H3,(H,20,22). The number of sulfone groups is 1. The number of hydrogen-bond donors (Lipinski definition) is 1. The molecule has 138 valence electrons. The van der Waals surface area contributed by atoms with Gasteiger partial charge in [0.05, 0.1) is 22.8 Å². The van der Waals surface area contributed by atoms with Gasteiger partial charge in [-0.3, -0.25) is 9.59 Å². The third-order valence-corrected chi connectivity index (χ3v) is 5.68. The molecular formula is C19H22N2O4S. The summed E-state index contributed by atoms with van der Waals surface area (Å²) >= 11 is 0. The van der Waals surface area contributed by atoms with Crippen LogP contribution >= 0.6 is 0 Å². The average molecular weight is 374 g/mol. The van der Waals surface area contributed by atoms with E-state index in [1.54, 1.807) is 24.3 Å². The Hall–Kier alpha value is -2.67. The normalized spacial score (nSPS) is 11.0. The predicted molar refractivity (Wildman–Crippen MR) is 101 cm³/mol. The average Bonchev–Trinajstić information content (AvgIpc) is 2.63. The zero-order chi connectivity index (χ0) is 19.3. The summed E-state index contributed by atoms with van der Waals surface area (Å²) in [5.41, 5.74) is 1.78. The van der Waals surface area contributed by atoms with Crippen LogP contribution in [-0.4, -0.2) is 44.5 Å². The van der Waals surface area contributed by atoms with Gasteiger partial charge in [0.2, 0.25) is 5.91 Å². The Morgan fingerprint density at radius 1 is 1.04 bits per heavy atom. The maximum absolute atomic E-state index is 12.6. The Morgan fingerprint density at radius 3 is 2.27 bits per heavy atom. The van der Waals surface area contributed by atoms with Gasteiger partial charge in [-0.1, -0.05) is 36.8 Å². The van der Waals surface area contributed by atoms with Crippen LogP contribution in [0.15, 0.2) is 53.4 Å². The van der Waals surface area contributed by atoms with E-state index in [1.807, 2.05) is 19.1 Å². The van der Waals surface area contributed by atoms with Gasteiger partial charge in [0, 0.05) is 12.7 Å². The molecule has 2 amide bonds. The topological polar surface area (TPSA) is 83.6 Å². The van der Waals surface area contributed by atoms with Gasteiger partial charge in [0.25, 0.3) is 5.91 Å². The molecule has 0 aromatic heterocycles. The molecule has 0 unspecified atom stereocenters. The van der Waals surface area contributed by atoms with Crippen LogP contribution in [0.2, 0.25) is 0 Å². The fourth-order valence-corrected chi connectivity index (χ4v) is 3.49. The SMILES string of the molecule is CCS(=O)(=O)c1ccccc1C(=O)N(C)CC(=O)Nc1ccc(C)cc1. The molecule has 0 bridgehead atoms. The Labute approximate surface area is 153 Å². The van der Waals surface area contributed by atoms with Gasteiger partial charge >= 0.3 is 0 Å². The van der Waals surface area contributed by atoms with E-state index in [-0.39, 0.29) is 28.7 Å². The van der Waals surface area contributed by atoms with Gasteiger partial charge in [-0.2, -0.15) is 0 Å². The van der Waals surface area contributed by atoms with Crippen molar-refractivity contribution >= 4 is 27.3 Å². The molecule has 0 aliphatic heterocycles. The molecule has 0 saturated carbocycles. The van der Waals surface area contributed by atoms with Crippen molar-refractivity contribution in [3.05, 3.63) is 59.7 Å². The maximum atomic E-state index is 12.6. The van der Waals surface area contributed by atoms with Crippen LogP contribution in [0, 0.1) is 6.92 Å². The van der Waals surface area contributed by atoms with Gasteiger partial charge in [0.1, 0.15) is 0 Å². The predicted octanol–water partition coefficient (Wildman–Crippen LogP) is 2.50. The zero-order valence-corrected chi connectivity index (χ0v) is 15.8. The number of hydrogen-bond acceptors (Lipinski definition) is 4. The van der Waals surface area contributed by atoms with Crippen LogP contribution in [0.5, 0.6) is 0 Å². The molecule has 0 aliphatic rings. The van der Waals surface area contributed by atoms with E-state index in [1.165, 1.54) is 31.0 Å². The summed E-state index contributed by atoms with van der Waals surface area (Å²) in [6.07, 6.45) is 0. The molecule has 0 heterocycles. The van der Waals surface area contributed by atoms with Gasteiger partial charge < -0.3 is 10.2 Å². The number of benzene rings is 2. The van der Waals surface area contributed by atoms with Gasteiger partial charge in [0.15, 0.2) is 9.84 Å². The molecule has 6 nitrogen and oxygen atoms in total. The fraction of sp³-hybridized carbons (Fsp3) is 0.263. The number of carbonyl (C=O) groups is 2. The van der Waals surface area contributed by atoms with Crippen LogP contribution < -0.4 is 5.32 Å². The minimum absolute atomic E-state index is 0.0155. The first-order valence-electron chi connectivity index (χ1n) is 8.18. The summed E-state index contributed by atoms with van der Waals surface area (Å²) in [5.74, 6) is -0.980. The number of nitrogens with one attached hydrogen (secondary N) is 1. The van der Waals surface area contributed by atoms with Crippen LogP contribution in [-0.2, 0) is 14.6 Å². The number of rotatable bonds is 6. The molecule has 0 fully saturated rings. The molecule has 26 heavy (non-hydrogen) atoms. The first kappa shape index (κ1) is 19.7. The number of likely N-dealkylation sites (N-methyl/N-ethyl adjacent to an activating group) is 1. The molecule has 2 rings (SSSR count). The summed E-state index contributed by atoms with van der Waals surface area (Å²) in [6, 6.07) is 13.3. The maximum Gasteiger partial charge on any atom is 0.255 e. The van der Waals surface area contributed by atoms with Crippen molar-refractivity contribution in [2.75, 3.05) is 24.7 Å². The second-order valence-electron chi connectivity index (χ2n) is 5.97. The summed E-state index contributed by atoms with van der Waals surface area (Å²) in [7, 11) is -2.07. The largest absolute Gasteiger partial charge is 0.332 e. The Morgan fingerprint density at radius 2 is 1.65 bits per heavy atom. The van der Waals surface area contributed by atoms with Gasteiger partial charge in [-0.05, 0) is 31.2 Å². The quantitative estimate of drug-likeness (QED) is 0.842. The lowest BCUT2D eigenvalue weighted by atomic mass is 10.2. The van der Waals surface area contributed by atoms with E-state index >= 15 is 0 Å². The monoisotopic (exact) mass is 374 g/mol. The summed E-state index contributed by atoms with van der Waals surface area (Å²) in [4.78, 5) is 26.0. The van der Waals surface area contributed by atoms with Crippen molar-refractivity contribution in [3.63, 3.8) is 0 Å². The molecule has 1 N–H and O–H groups in total. The van der Waals surface area contributed by atoms with Crippen LogP contribution in [0.1, 0.15) is 22.8 Å². The van der Waals surface area contributed by atoms with Crippen LogP contribution in [0.25, 0.3) is 0 Å². The molecule has 0 radical (unpaired) electrons. The molecule has 2 aromatic carbocycles. The van der Waals surface area contributed by atoms with Crippen molar-refractivity contribution in [1.29, 1.82) is 0 Å². The van der Waals surface area contributed by atoms with Crippen LogP contribution in [0.4, 0.5) is 5.69 Å². The first-order valence-corrected chi connectivity index (χ1v) is 9.83. The van der Waals surface area contributed by atoms with Crippen LogP contribution in [0.3, 0.4) is 0 Å². The number of aryl methyl sites for hydroxylation is 1. The minimum Gasteiger partial charge on any atom is -0.332 e. The van der Waals surface area contributed by atoms with E-state index < -0.39 is 15.7 Å². The van der Waals surface area contributed by atoms with Crippen molar-refractivity contribution in [2.45, 2.75) is 18.7 Å². The summed E-state index contributed by atoms with van der Waals surface area (Å²) in [6.45, 7) is 3.28. The molecule has 0 atom stereocenters. The highest BCUT2D eigenvalue weighted by molar-refractivity contribution is 7.91. The summed E-state index contributed by atoms with van der Waals surface area (Å²) < 4.78 is 24.4. The lowest BCUT2D eigenvalue weighted by Crippen LogP contribution is -2.35. The number of carbonyl (C=O) groups excluding carboxylic acids is 2. The Bertz CT molecular complexity index is 905.